The molecule has 2 aliphatic heterocycles. The maximum absolute atomic E-state index is 12.9. The first-order valence-corrected chi connectivity index (χ1v) is 14.6. The topological polar surface area (TPSA) is 134 Å². The van der Waals surface area contributed by atoms with E-state index >= 15 is 0 Å². The number of carbonyl (C=O) groups is 2. The molecule has 11 nitrogen and oxygen atoms in total. The Hall–Kier alpha value is -2.84. The molecule has 2 aliphatic rings. The van der Waals surface area contributed by atoms with Crippen molar-refractivity contribution in [1.82, 2.24) is 14.7 Å². The van der Waals surface area contributed by atoms with E-state index in [-0.39, 0.29) is 11.8 Å². The van der Waals surface area contributed by atoms with Gasteiger partial charge < -0.3 is 15.0 Å². The predicted octanol–water partition coefficient (Wildman–Crippen LogP) is 2.79. The van der Waals surface area contributed by atoms with Crippen molar-refractivity contribution in [2.75, 3.05) is 56.4 Å². The Morgan fingerprint density at radius 3 is 2.46 bits per heavy atom. The van der Waals surface area contributed by atoms with Crippen LogP contribution in [0, 0.1) is 6.92 Å². The molecule has 2 amide bonds. The number of hydrogen-bond donors (Lipinski definition) is 2. The van der Waals surface area contributed by atoms with Crippen LogP contribution in [0.5, 0.6) is 0 Å². The van der Waals surface area contributed by atoms with Crippen LogP contribution in [0.2, 0.25) is 0 Å². The van der Waals surface area contributed by atoms with E-state index in [1.54, 1.807) is 4.90 Å². The fourth-order valence-corrected chi connectivity index (χ4v) is 5.47. The SMILES string of the molecule is CS(=O)(=O)O.Cc1nn(C2CCOCC2)c2sc(C(=O)Nc3ccc(N4CCN(C)CC4=O)cc3)cc12. The maximum atomic E-state index is 12.9. The van der Waals surface area contributed by atoms with Crippen LogP contribution >= 0.6 is 11.3 Å². The van der Waals surface area contributed by atoms with Crippen molar-refractivity contribution >= 4 is 54.9 Å². The molecule has 0 bridgehead atoms. The van der Waals surface area contributed by atoms with Gasteiger partial charge in [-0.05, 0) is 57.1 Å². The van der Waals surface area contributed by atoms with E-state index in [2.05, 4.69) is 10.00 Å². The number of piperazine rings is 1. The summed E-state index contributed by atoms with van der Waals surface area (Å²) in [5.41, 5.74) is 2.51. The minimum atomic E-state index is -3.67. The van der Waals surface area contributed by atoms with Crippen molar-refractivity contribution in [3.05, 3.63) is 40.9 Å². The molecule has 2 saturated heterocycles. The number of aryl methyl sites for hydroxylation is 1. The van der Waals surface area contributed by atoms with Gasteiger partial charge in [-0.1, -0.05) is 0 Å². The van der Waals surface area contributed by atoms with E-state index in [1.807, 2.05) is 49.2 Å². The van der Waals surface area contributed by atoms with Gasteiger partial charge in [0.1, 0.15) is 4.83 Å². The standard InChI is InChI=1S/C23H27N5O3S.CH4O3S/c1-15-19-13-20(32-23(19)28(25-15)18-7-11-31-12-8-18)22(30)24-16-3-5-17(6-4-16)27-10-9-26(2)14-21(27)29;1-5(2,3)4/h3-6,13,18H,7-12,14H2,1-2H3,(H,24,30);1H3,(H,2,3,4). The zero-order chi connectivity index (χ0) is 26.7. The summed E-state index contributed by atoms with van der Waals surface area (Å²) >= 11 is 1.48. The molecule has 2 N–H and O–H groups in total. The van der Waals surface area contributed by atoms with Crippen molar-refractivity contribution in [3.63, 3.8) is 0 Å². The van der Waals surface area contributed by atoms with Crippen LogP contribution in [0.15, 0.2) is 30.3 Å². The summed E-state index contributed by atoms with van der Waals surface area (Å²) < 4.78 is 33.4. The van der Waals surface area contributed by atoms with Crippen LogP contribution in [0.25, 0.3) is 10.2 Å². The first-order chi connectivity index (χ1) is 17.5. The number of nitrogens with zero attached hydrogens (tertiary/aromatic N) is 4. The molecule has 37 heavy (non-hydrogen) atoms. The molecule has 5 rings (SSSR count). The average Bonchev–Trinajstić information content (AvgIpc) is 3.40. The van der Waals surface area contributed by atoms with Gasteiger partial charge in [-0.3, -0.25) is 23.7 Å². The zero-order valence-corrected chi connectivity index (χ0v) is 22.6. The van der Waals surface area contributed by atoms with E-state index in [9.17, 15) is 18.0 Å². The van der Waals surface area contributed by atoms with E-state index in [1.165, 1.54) is 11.3 Å². The average molecular weight is 550 g/mol. The number of benzene rings is 1. The summed E-state index contributed by atoms with van der Waals surface area (Å²) in [7, 11) is -1.72. The lowest BCUT2D eigenvalue weighted by atomic mass is 10.1. The molecule has 0 atom stereocenters. The summed E-state index contributed by atoms with van der Waals surface area (Å²) in [4.78, 5) is 30.7. The largest absolute Gasteiger partial charge is 0.381 e. The highest BCUT2D eigenvalue weighted by Gasteiger charge is 2.24. The molecular formula is C24H31N5O6S2. The Kier molecular flexibility index (Phi) is 8.29. The van der Waals surface area contributed by atoms with Crippen molar-refractivity contribution in [2.45, 2.75) is 25.8 Å². The summed E-state index contributed by atoms with van der Waals surface area (Å²) in [6.07, 6.45) is 2.60. The number of anilines is 2. The Morgan fingerprint density at radius 1 is 1.19 bits per heavy atom. The monoisotopic (exact) mass is 549 g/mol. The van der Waals surface area contributed by atoms with Crippen LogP contribution in [-0.2, 0) is 19.6 Å². The fourth-order valence-electron chi connectivity index (χ4n) is 4.34. The number of carbonyl (C=O) groups excluding carboxylic acids is 2. The lowest BCUT2D eigenvalue weighted by Crippen LogP contribution is -2.48. The van der Waals surface area contributed by atoms with Crippen molar-refractivity contribution in [3.8, 4) is 0 Å². The van der Waals surface area contributed by atoms with Gasteiger partial charge >= 0.3 is 0 Å². The molecule has 3 aromatic rings. The fraction of sp³-hybridized carbons (Fsp3) is 0.458. The number of ether oxygens (including phenoxy) is 1. The number of hydrogen-bond acceptors (Lipinski definition) is 8. The van der Waals surface area contributed by atoms with Gasteiger partial charge in [0.25, 0.3) is 16.0 Å². The molecule has 200 valence electrons. The predicted molar refractivity (Wildman–Crippen MR) is 143 cm³/mol. The van der Waals surface area contributed by atoms with Gasteiger partial charge in [-0.2, -0.15) is 13.5 Å². The zero-order valence-electron chi connectivity index (χ0n) is 21.0. The summed E-state index contributed by atoms with van der Waals surface area (Å²) in [5, 5.41) is 8.75. The Morgan fingerprint density at radius 2 is 1.84 bits per heavy atom. The summed E-state index contributed by atoms with van der Waals surface area (Å²) in [6.45, 7) is 5.44. The number of fused-ring (bicyclic) bond motifs is 1. The second-order valence-electron chi connectivity index (χ2n) is 9.22. The number of nitrogens with one attached hydrogen (secondary N) is 1. The van der Waals surface area contributed by atoms with Crippen LogP contribution in [0.4, 0.5) is 11.4 Å². The van der Waals surface area contributed by atoms with E-state index in [4.69, 9.17) is 14.4 Å². The number of thiophene rings is 1. The van der Waals surface area contributed by atoms with Crippen molar-refractivity contribution < 1.29 is 27.3 Å². The first kappa shape index (κ1) is 27.2. The van der Waals surface area contributed by atoms with Crippen LogP contribution in [0.3, 0.4) is 0 Å². The molecule has 13 heteroatoms. The number of likely N-dealkylation sites (N-methyl/N-ethyl adjacent to an activating group) is 1. The molecule has 2 fully saturated rings. The van der Waals surface area contributed by atoms with E-state index in [0.29, 0.717) is 36.0 Å². The highest BCUT2D eigenvalue weighted by molar-refractivity contribution is 7.85. The lowest BCUT2D eigenvalue weighted by molar-refractivity contribution is -0.120. The van der Waals surface area contributed by atoms with Crippen molar-refractivity contribution in [2.24, 2.45) is 0 Å². The minimum absolute atomic E-state index is 0.0924. The number of rotatable bonds is 4. The van der Waals surface area contributed by atoms with Gasteiger partial charge in [-0.25, -0.2) is 0 Å². The summed E-state index contributed by atoms with van der Waals surface area (Å²) in [5.74, 6) is -0.0395. The number of aromatic nitrogens is 2. The van der Waals surface area contributed by atoms with Crippen molar-refractivity contribution in [1.29, 1.82) is 0 Å². The van der Waals surface area contributed by atoms with Gasteiger partial charge in [0.15, 0.2) is 0 Å². The lowest BCUT2D eigenvalue weighted by Gasteiger charge is -2.32. The maximum Gasteiger partial charge on any atom is 0.265 e. The van der Waals surface area contributed by atoms with E-state index < -0.39 is 10.1 Å². The molecule has 0 aliphatic carbocycles. The summed E-state index contributed by atoms with van der Waals surface area (Å²) in [6, 6.07) is 9.72. The molecular weight excluding hydrogens is 518 g/mol. The molecule has 1 aromatic carbocycles. The van der Waals surface area contributed by atoms with Crippen LogP contribution in [-0.4, -0.2) is 85.6 Å². The minimum Gasteiger partial charge on any atom is -0.381 e. The third kappa shape index (κ3) is 6.93. The van der Waals surface area contributed by atoms with E-state index in [0.717, 1.165) is 54.2 Å². The Bertz CT molecular complexity index is 1370. The highest BCUT2D eigenvalue weighted by atomic mass is 32.2. The molecule has 2 aromatic heterocycles. The van der Waals surface area contributed by atoms with Gasteiger partial charge in [-0.15, -0.1) is 11.3 Å². The second kappa shape index (κ2) is 11.3. The van der Waals surface area contributed by atoms with Crippen LogP contribution < -0.4 is 10.2 Å². The third-order valence-corrected chi connectivity index (χ3v) is 7.30. The van der Waals surface area contributed by atoms with Gasteiger partial charge in [0.2, 0.25) is 5.91 Å². The Labute approximate surface area is 219 Å². The van der Waals surface area contributed by atoms with Gasteiger partial charge in [0, 0.05) is 43.1 Å². The molecule has 0 unspecified atom stereocenters. The molecule has 4 heterocycles. The highest BCUT2D eigenvalue weighted by Crippen LogP contribution is 2.33. The third-order valence-electron chi connectivity index (χ3n) is 6.18. The normalized spacial score (nSPS) is 17.5. The molecule has 0 spiro atoms. The Balaban J connectivity index is 0.000000586. The van der Waals surface area contributed by atoms with Gasteiger partial charge in [0.05, 0.1) is 29.4 Å². The smallest absolute Gasteiger partial charge is 0.265 e. The second-order valence-corrected chi connectivity index (χ2v) is 11.7. The molecule has 0 saturated carbocycles. The number of amides is 2. The molecule has 0 radical (unpaired) electrons. The first-order valence-electron chi connectivity index (χ1n) is 11.9. The van der Waals surface area contributed by atoms with Crippen LogP contribution in [0.1, 0.15) is 34.2 Å². The quantitative estimate of drug-likeness (QED) is 0.475.